The Morgan fingerprint density at radius 3 is 2.67 bits per heavy atom. The summed E-state index contributed by atoms with van der Waals surface area (Å²) in [6, 6.07) is 5.89. The molecule has 1 aromatic rings. The first-order valence-electron chi connectivity index (χ1n) is 6.08. The zero-order valence-electron chi connectivity index (χ0n) is 10.7. The van der Waals surface area contributed by atoms with Gasteiger partial charge in [-0.1, -0.05) is 0 Å². The van der Waals surface area contributed by atoms with E-state index in [9.17, 15) is 0 Å². The molecule has 0 bridgehead atoms. The third-order valence-corrected chi connectivity index (χ3v) is 3.54. The fraction of sp³-hybridized carbons (Fsp3) is 0.538. The number of hydrogen-bond acceptors (Lipinski definition) is 5. The molecule has 4 nitrogen and oxygen atoms in total. The molecule has 0 saturated carbocycles. The summed E-state index contributed by atoms with van der Waals surface area (Å²) >= 11 is 1.69. The van der Waals surface area contributed by atoms with Crippen LogP contribution in [0.25, 0.3) is 0 Å². The van der Waals surface area contributed by atoms with Gasteiger partial charge in [0.15, 0.2) is 0 Å². The fourth-order valence-corrected chi connectivity index (χ4v) is 2.43. The lowest BCUT2D eigenvalue weighted by atomic mass is 10.3. The highest BCUT2D eigenvalue weighted by atomic mass is 32.2. The molecule has 0 unspecified atom stereocenters. The van der Waals surface area contributed by atoms with Gasteiger partial charge in [-0.25, -0.2) is 0 Å². The molecule has 0 radical (unpaired) electrons. The summed E-state index contributed by atoms with van der Waals surface area (Å²) in [6.45, 7) is 1.15. The molecule has 1 rings (SSSR count). The maximum Gasteiger partial charge on any atom is 0.120 e. The minimum absolute atomic E-state index is 0.191. The monoisotopic (exact) mass is 271 g/mol. The van der Waals surface area contributed by atoms with E-state index in [1.54, 1.807) is 18.9 Å². The second kappa shape index (κ2) is 9.08. The second-order valence-corrected chi connectivity index (χ2v) is 4.93. The number of aliphatic hydroxyl groups excluding tert-OH is 2. The van der Waals surface area contributed by atoms with Gasteiger partial charge in [0.2, 0.25) is 0 Å². The molecular weight excluding hydrogens is 250 g/mol. The van der Waals surface area contributed by atoms with Crippen LogP contribution in [0.4, 0.5) is 5.69 Å². The van der Waals surface area contributed by atoms with E-state index in [-0.39, 0.29) is 13.2 Å². The van der Waals surface area contributed by atoms with Crippen LogP contribution in [0, 0.1) is 0 Å². The lowest BCUT2D eigenvalue weighted by Gasteiger charge is -2.12. The molecule has 0 saturated heterocycles. The molecule has 5 heteroatoms. The van der Waals surface area contributed by atoms with Gasteiger partial charge in [-0.2, -0.15) is 0 Å². The van der Waals surface area contributed by atoms with Gasteiger partial charge in [-0.15, -0.1) is 11.8 Å². The molecule has 102 valence electrons. The molecule has 0 aliphatic rings. The number of rotatable bonds is 9. The van der Waals surface area contributed by atoms with Crippen LogP contribution >= 0.6 is 11.8 Å². The average molecular weight is 271 g/mol. The van der Waals surface area contributed by atoms with Crippen molar-refractivity contribution >= 4 is 17.4 Å². The SMILES string of the molecule is COc1ccc(NCCCO)c(SCCCO)c1. The van der Waals surface area contributed by atoms with Crippen molar-refractivity contribution in [1.29, 1.82) is 0 Å². The minimum Gasteiger partial charge on any atom is -0.497 e. The maximum absolute atomic E-state index is 8.81. The number of nitrogens with one attached hydrogen (secondary N) is 1. The quantitative estimate of drug-likeness (QED) is 0.473. The molecule has 0 atom stereocenters. The van der Waals surface area contributed by atoms with Crippen LogP contribution in [0.15, 0.2) is 23.1 Å². The van der Waals surface area contributed by atoms with E-state index in [1.807, 2.05) is 18.2 Å². The summed E-state index contributed by atoms with van der Waals surface area (Å²) in [4.78, 5) is 1.11. The number of ether oxygens (including phenoxy) is 1. The molecule has 0 aliphatic heterocycles. The highest BCUT2D eigenvalue weighted by Gasteiger charge is 2.05. The summed E-state index contributed by atoms with van der Waals surface area (Å²) in [5, 5.41) is 20.9. The van der Waals surface area contributed by atoms with Gasteiger partial charge < -0.3 is 20.3 Å². The Morgan fingerprint density at radius 2 is 2.00 bits per heavy atom. The number of thioether (sulfide) groups is 1. The molecule has 0 aliphatic carbocycles. The Bertz CT molecular complexity index is 347. The zero-order valence-corrected chi connectivity index (χ0v) is 11.5. The van der Waals surface area contributed by atoms with Gasteiger partial charge in [0.25, 0.3) is 0 Å². The predicted molar refractivity (Wildman–Crippen MR) is 75.6 cm³/mol. The van der Waals surface area contributed by atoms with Crippen LogP contribution in [0.2, 0.25) is 0 Å². The molecule has 3 N–H and O–H groups in total. The van der Waals surface area contributed by atoms with E-state index < -0.39 is 0 Å². The highest BCUT2D eigenvalue weighted by molar-refractivity contribution is 7.99. The van der Waals surface area contributed by atoms with Gasteiger partial charge in [-0.05, 0) is 31.0 Å². The number of benzene rings is 1. The molecule has 18 heavy (non-hydrogen) atoms. The Labute approximate surface area is 112 Å². The van der Waals surface area contributed by atoms with Gasteiger partial charge >= 0.3 is 0 Å². The molecule has 0 amide bonds. The maximum atomic E-state index is 8.81. The third kappa shape index (κ3) is 5.16. The summed E-state index contributed by atoms with van der Waals surface area (Å²) in [5.74, 6) is 1.70. The first-order valence-corrected chi connectivity index (χ1v) is 7.06. The zero-order chi connectivity index (χ0) is 13.2. The highest BCUT2D eigenvalue weighted by Crippen LogP contribution is 2.31. The summed E-state index contributed by atoms with van der Waals surface area (Å²) in [7, 11) is 1.65. The van der Waals surface area contributed by atoms with Crippen LogP contribution in [-0.4, -0.2) is 42.8 Å². The van der Waals surface area contributed by atoms with Crippen molar-refractivity contribution in [3.8, 4) is 5.75 Å². The van der Waals surface area contributed by atoms with Gasteiger partial charge in [0, 0.05) is 36.1 Å². The molecule has 0 aromatic heterocycles. The molecule has 1 aromatic carbocycles. The van der Waals surface area contributed by atoms with Crippen molar-refractivity contribution < 1.29 is 14.9 Å². The first-order chi connectivity index (χ1) is 8.81. The van der Waals surface area contributed by atoms with E-state index in [0.29, 0.717) is 0 Å². The van der Waals surface area contributed by atoms with Gasteiger partial charge in [0.1, 0.15) is 5.75 Å². The summed E-state index contributed by atoms with van der Waals surface area (Å²) in [6.07, 6.45) is 1.50. The van der Waals surface area contributed by atoms with Gasteiger partial charge in [0.05, 0.1) is 7.11 Å². The van der Waals surface area contributed by atoms with Crippen molar-refractivity contribution in [2.45, 2.75) is 17.7 Å². The van der Waals surface area contributed by atoms with Crippen molar-refractivity contribution in [2.24, 2.45) is 0 Å². The van der Waals surface area contributed by atoms with E-state index in [2.05, 4.69) is 5.32 Å². The summed E-state index contributed by atoms with van der Waals surface area (Å²) in [5.41, 5.74) is 1.05. The van der Waals surface area contributed by atoms with Crippen molar-refractivity contribution in [3.63, 3.8) is 0 Å². The molecule has 0 heterocycles. The van der Waals surface area contributed by atoms with E-state index in [4.69, 9.17) is 14.9 Å². The Morgan fingerprint density at radius 1 is 1.22 bits per heavy atom. The minimum atomic E-state index is 0.191. The van der Waals surface area contributed by atoms with E-state index >= 15 is 0 Å². The average Bonchev–Trinajstić information content (AvgIpc) is 2.40. The summed E-state index contributed by atoms with van der Waals surface area (Å²) < 4.78 is 5.21. The van der Waals surface area contributed by atoms with Crippen LogP contribution in [0.1, 0.15) is 12.8 Å². The topological polar surface area (TPSA) is 61.7 Å². The van der Waals surface area contributed by atoms with E-state index in [1.165, 1.54) is 0 Å². The lowest BCUT2D eigenvalue weighted by Crippen LogP contribution is -2.04. The van der Waals surface area contributed by atoms with Crippen molar-refractivity contribution in [3.05, 3.63) is 18.2 Å². The Hall–Kier alpha value is -0.910. The Kier molecular flexibility index (Phi) is 7.64. The molecule has 0 fully saturated rings. The van der Waals surface area contributed by atoms with E-state index in [0.717, 1.165) is 41.5 Å². The lowest BCUT2D eigenvalue weighted by molar-refractivity contribution is 0.292. The molecular formula is C13H21NO3S. The third-order valence-electron chi connectivity index (χ3n) is 2.40. The predicted octanol–water partition coefficient (Wildman–Crippen LogP) is 1.96. The standard InChI is InChI=1S/C13H21NO3S/c1-17-11-4-5-12(14-6-2-7-15)13(10-11)18-9-3-8-16/h4-5,10,14-16H,2-3,6-9H2,1H3. The fourth-order valence-electron chi connectivity index (χ4n) is 1.44. The number of hydrogen-bond donors (Lipinski definition) is 3. The number of methoxy groups -OCH3 is 1. The largest absolute Gasteiger partial charge is 0.497 e. The van der Waals surface area contributed by atoms with Crippen LogP contribution < -0.4 is 10.1 Å². The number of anilines is 1. The molecule has 0 spiro atoms. The van der Waals surface area contributed by atoms with Gasteiger partial charge in [-0.3, -0.25) is 0 Å². The van der Waals surface area contributed by atoms with Crippen molar-refractivity contribution in [2.75, 3.05) is 37.9 Å². The van der Waals surface area contributed by atoms with Crippen molar-refractivity contribution in [1.82, 2.24) is 0 Å². The van der Waals surface area contributed by atoms with Crippen LogP contribution in [0.3, 0.4) is 0 Å². The normalized spacial score (nSPS) is 10.4. The van der Waals surface area contributed by atoms with Crippen LogP contribution in [0.5, 0.6) is 5.75 Å². The second-order valence-electron chi connectivity index (χ2n) is 3.79. The van der Waals surface area contributed by atoms with Crippen LogP contribution in [-0.2, 0) is 0 Å². The first kappa shape index (κ1) is 15.1. The Balaban J connectivity index is 2.66. The number of aliphatic hydroxyl groups is 2. The smallest absolute Gasteiger partial charge is 0.120 e.